The summed E-state index contributed by atoms with van der Waals surface area (Å²) in [5.41, 5.74) is 4.31. The van der Waals surface area contributed by atoms with Crippen molar-refractivity contribution < 1.29 is 14.4 Å². The molecule has 3 amide bonds. The highest BCUT2D eigenvalue weighted by molar-refractivity contribution is 6.22. The number of imide groups is 1. The number of hydrogen-bond donors (Lipinski definition) is 2. The molecule has 0 aliphatic carbocycles. The van der Waals surface area contributed by atoms with Crippen molar-refractivity contribution in [2.24, 2.45) is 0 Å². The number of H-pyrrole nitrogens is 1. The molecule has 158 valence electrons. The van der Waals surface area contributed by atoms with Crippen molar-refractivity contribution in [2.45, 2.75) is 13.3 Å². The molecule has 0 fully saturated rings. The third-order valence-corrected chi connectivity index (χ3v) is 5.49. The van der Waals surface area contributed by atoms with Crippen LogP contribution in [0.3, 0.4) is 0 Å². The number of aromatic nitrogens is 2. The molecule has 2 heterocycles. The van der Waals surface area contributed by atoms with Crippen LogP contribution in [0.15, 0.2) is 66.7 Å². The van der Waals surface area contributed by atoms with Crippen LogP contribution in [0.5, 0.6) is 0 Å². The molecule has 2 N–H and O–H groups in total. The highest BCUT2D eigenvalue weighted by atomic mass is 16.2. The first-order valence-corrected chi connectivity index (χ1v) is 10.4. The summed E-state index contributed by atoms with van der Waals surface area (Å²) in [7, 11) is 0. The maximum absolute atomic E-state index is 12.7. The van der Waals surface area contributed by atoms with Crippen LogP contribution in [0, 0.1) is 0 Å². The van der Waals surface area contributed by atoms with E-state index in [-0.39, 0.29) is 23.3 Å². The second kappa shape index (κ2) is 7.77. The maximum atomic E-state index is 12.7. The molecule has 4 aromatic rings. The zero-order chi connectivity index (χ0) is 22.2. The van der Waals surface area contributed by atoms with E-state index in [1.54, 1.807) is 24.3 Å². The van der Waals surface area contributed by atoms with Gasteiger partial charge in [-0.2, -0.15) is 0 Å². The fraction of sp³-hybridized carbons (Fsp3) is 0.120. The van der Waals surface area contributed by atoms with Crippen molar-refractivity contribution >= 4 is 34.4 Å². The van der Waals surface area contributed by atoms with E-state index in [1.165, 1.54) is 11.0 Å². The lowest BCUT2D eigenvalue weighted by Crippen LogP contribution is -2.30. The molecule has 5 rings (SSSR count). The van der Waals surface area contributed by atoms with Crippen molar-refractivity contribution in [1.29, 1.82) is 0 Å². The number of nitrogens with zero attached hydrogens (tertiary/aromatic N) is 2. The number of imidazole rings is 1. The standard InChI is InChI=1S/C25H20N4O3/c1-2-13-29-24(31)18-12-9-16(14-19(18)25(29)32)23(30)26-17-10-7-15(8-11-17)22-27-20-5-3-4-6-21(20)28-22/h3-12,14H,2,13H2,1H3,(H,26,30)(H,27,28). The summed E-state index contributed by atoms with van der Waals surface area (Å²) in [5, 5.41) is 2.84. The average Bonchev–Trinajstić information content (AvgIpc) is 3.35. The number of carbonyl (C=O) groups is 3. The molecule has 1 aromatic heterocycles. The molecule has 0 saturated carbocycles. The number of fused-ring (bicyclic) bond motifs is 2. The van der Waals surface area contributed by atoms with Gasteiger partial charge in [0.2, 0.25) is 0 Å². The third-order valence-electron chi connectivity index (χ3n) is 5.49. The number of nitrogens with one attached hydrogen (secondary N) is 2. The number of benzene rings is 3. The van der Waals surface area contributed by atoms with Crippen LogP contribution < -0.4 is 5.32 Å². The Morgan fingerprint density at radius 1 is 0.969 bits per heavy atom. The summed E-state index contributed by atoms with van der Waals surface area (Å²) in [5.74, 6) is -0.252. The first-order valence-electron chi connectivity index (χ1n) is 10.4. The van der Waals surface area contributed by atoms with Crippen molar-refractivity contribution in [3.63, 3.8) is 0 Å². The second-order valence-electron chi connectivity index (χ2n) is 7.66. The Labute approximate surface area is 184 Å². The van der Waals surface area contributed by atoms with Gasteiger partial charge in [-0.05, 0) is 61.0 Å². The van der Waals surface area contributed by atoms with Crippen LogP contribution in [0.25, 0.3) is 22.4 Å². The van der Waals surface area contributed by atoms with Crippen LogP contribution in [0.4, 0.5) is 5.69 Å². The highest BCUT2D eigenvalue weighted by Gasteiger charge is 2.35. The minimum atomic E-state index is -0.350. The largest absolute Gasteiger partial charge is 0.338 e. The lowest BCUT2D eigenvalue weighted by atomic mass is 10.1. The normalized spacial score (nSPS) is 13.0. The molecule has 0 atom stereocenters. The van der Waals surface area contributed by atoms with E-state index < -0.39 is 0 Å². The molecule has 7 nitrogen and oxygen atoms in total. The lowest BCUT2D eigenvalue weighted by molar-refractivity contribution is 0.0654. The Morgan fingerprint density at radius 2 is 1.72 bits per heavy atom. The first kappa shape index (κ1) is 19.7. The van der Waals surface area contributed by atoms with Crippen LogP contribution in [0.1, 0.15) is 44.4 Å². The van der Waals surface area contributed by atoms with Crippen molar-refractivity contribution in [3.8, 4) is 11.4 Å². The molecule has 1 aliphatic rings. The summed E-state index contributed by atoms with van der Waals surface area (Å²) in [6.45, 7) is 2.27. The minimum Gasteiger partial charge on any atom is -0.338 e. The number of anilines is 1. The second-order valence-corrected chi connectivity index (χ2v) is 7.66. The van der Waals surface area contributed by atoms with E-state index in [0.29, 0.717) is 29.8 Å². The van der Waals surface area contributed by atoms with Gasteiger partial charge in [0.25, 0.3) is 17.7 Å². The summed E-state index contributed by atoms with van der Waals surface area (Å²) in [6, 6.07) is 19.8. The van der Waals surface area contributed by atoms with Crippen molar-refractivity contribution in [1.82, 2.24) is 14.9 Å². The Bertz CT molecular complexity index is 1340. The molecule has 32 heavy (non-hydrogen) atoms. The van der Waals surface area contributed by atoms with Gasteiger partial charge in [0.1, 0.15) is 5.82 Å². The fourth-order valence-electron chi connectivity index (χ4n) is 3.86. The molecular weight excluding hydrogens is 404 g/mol. The van der Waals surface area contributed by atoms with Crippen LogP contribution in [-0.4, -0.2) is 39.1 Å². The zero-order valence-corrected chi connectivity index (χ0v) is 17.4. The molecule has 0 bridgehead atoms. The number of para-hydroxylation sites is 2. The van der Waals surface area contributed by atoms with E-state index in [1.807, 2.05) is 43.3 Å². The number of amides is 3. The number of hydrogen-bond acceptors (Lipinski definition) is 4. The molecular formula is C25H20N4O3. The van der Waals surface area contributed by atoms with E-state index in [4.69, 9.17) is 0 Å². The van der Waals surface area contributed by atoms with Gasteiger partial charge in [-0.15, -0.1) is 0 Å². The Kier molecular flexibility index (Phi) is 4.78. The summed E-state index contributed by atoms with van der Waals surface area (Å²) in [6.07, 6.45) is 0.683. The van der Waals surface area contributed by atoms with Crippen LogP contribution in [0.2, 0.25) is 0 Å². The summed E-state index contributed by atoms with van der Waals surface area (Å²) >= 11 is 0. The number of carbonyl (C=O) groups excluding carboxylic acids is 3. The Hall–Kier alpha value is -4.26. The molecule has 1 aliphatic heterocycles. The average molecular weight is 424 g/mol. The monoisotopic (exact) mass is 424 g/mol. The first-order chi connectivity index (χ1) is 15.5. The topological polar surface area (TPSA) is 95.2 Å². The predicted molar refractivity (Wildman–Crippen MR) is 122 cm³/mol. The van der Waals surface area contributed by atoms with Crippen molar-refractivity contribution in [3.05, 3.63) is 83.4 Å². The Balaban J connectivity index is 1.34. The fourth-order valence-corrected chi connectivity index (χ4v) is 3.86. The Morgan fingerprint density at radius 3 is 2.47 bits per heavy atom. The van der Waals surface area contributed by atoms with E-state index in [2.05, 4.69) is 15.3 Å². The van der Waals surface area contributed by atoms with Crippen LogP contribution in [-0.2, 0) is 0 Å². The van der Waals surface area contributed by atoms with Gasteiger partial charge in [-0.25, -0.2) is 4.98 Å². The number of rotatable bonds is 5. The summed E-state index contributed by atoms with van der Waals surface area (Å²) < 4.78 is 0. The third kappa shape index (κ3) is 3.33. The van der Waals surface area contributed by atoms with Crippen LogP contribution >= 0.6 is 0 Å². The van der Waals surface area contributed by atoms with Gasteiger partial charge >= 0.3 is 0 Å². The van der Waals surface area contributed by atoms with Crippen molar-refractivity contribution in [2.75, 3.05) is 11.9 Å². The quantitative estimate of drug-likeness (QED) is 0.462. The smallest absolute Gasteiger partial charge is 0.261 e. The van der Waals surface area contributed by atoms with E-state index in [9.17, 15) is 14.4 Å². The molecule has 7 heteroatoms. The van der Waals surface area contributed by atoms with E-state index >= 15 is 0 Å². The van der Waals surface area contributed by atoms with Gasteiger partial charge in [-0.3, -0.25) is 19.3 Å². The maximum Gasteiger partial charge on any atom is 0.261 e. The molecule has 0 spiro atoms. The lowest BCUT2D eigenvalue weighted by Gasteiger charge is -2.11. The zero-order valence-electron chi connectivity index (χ0n) is 17.4. The highest BCUT2D eigenvalue weighted by Crippen LogP contribution is 2.25. The SMILES string of the molecule is CCCN1C(=O)c2ccc(C(=O)Nc3ccc(-c4nc5ccccc5[nH]4)cc3)cc2C1=O. The van der Waals surface area contributed by atoms with Gasteiger partial charge in [0.15, 0.2) is 0 Å². The molecule has 3 aromatic carbocycles. The van der Waals surface area contributed by atoms with Gasteiger partial charge < -0.3 is 10.3 Å². The molecule has 0 unspecified atom stereocenters. The van der Waals surface area contributed by atoms with Gasteiger partial charge in [0, 0.05) is 23.4 Å². The molecule has 0 saturated heterocycles. The minimum absolute atomic E-state index is 0.274. The van der Waals surface area contributed by atoms with Gasteiger partial charge in [-0.1, -0.05) is 19.1 Å². The van der Waals surface area contributed by atoms with E-state index in [0.717, 1.165) is 22.4 Å². The summed E-state index contributed by atoms with van der Waals surface area (Å²) in [4.78, 5) is 46.7. The van der Waals surface area contributed by atoms with Gasteiger partial charge in [0.05, 0.1) is 22.2 Å². The number of aromatic amines is 1. The molecule has 0 radical (unpaired) electrons. The predicted octanol–water partition coefficient (Wildman–Crippen LogP) is 4.49.